The lowest BCUT2D eigenvalue weighted by Crippen LogP contribution is -2.21. The number of rotatable bonds is 7. The molecule has 1 unspecified atom stereocenters. The fourth-order valence-electron chi connectivity index (χ4n) is 1.68. The molecule has 1 aromatic carbocycles. The summed E-state index contributed by atoms with van der Waals surface area (Å²) in [6.45, 7) is 5.04. The van der Waals surface area contributed by atoms with Crippen LogP contribution in [0.1, 0.15) is 31.9 Å². The molecule has 1 rings (SSSR count). The van der Waals surface area contributed by atoms with Crippen LogP contribution in [0, 0.1) is 5.82 Å². The molecule has 4 heteroatoms. The predicted molar refractivity (Wildman–Crippen MR) is 70.9 cm³/mol. The highest BCUT2D eigenvalue weighted by atomic mass is 32.2. The smallest absolute Gasteiger partial charge is 0.129 e. The van der Waals surface area contributed by atoms with Crippen LogP contribution in [0.4, 0.5) is 4.39 Å². The lowest BCUT2D eigenvalue weighted by molar-refractivity contribution is 0.322. The molecular weight excluding hydrogens is 237 g/mol. The van der Waals surface area contributed by atoms with E-state index in [1.54, 1.807) is 6.07 Å². The van der Waals surface area contributed by atoms with E-state index in [0.717, 1.165) is 17.9 Å². The van der Waals surface area contributed by atoms with Gasteiger partial charge in [-0.3, -0.25) is 0 Å². The standard InChI is InChI=1S/C13H20FNOS/c1-3-7-15-10(2)13-11(14)5-4-6-12(13)17-9-8-16/h4-6,10,15-16H,3,7-9H2,1-2H3. The van der Waals surface area contributed by atoms with Crippen molar-refractivity contribution in [3.8, 4) is 0 Å². The van der Waals surface area contributed by atoms with Crippen molar-refractivity contribution in [2.24, 2.45) is 0 Å². The third kappa shape index (κ3) is 4.30. The summed E-state index contributed by atoms with van der Waals surface area (Å²) in [7, 11) is 0. The molecule has 1 aromatic rings. The zero-order chi connectivity index (χ0) is 12.7. The van der Waals surface area contributed by atoms with Crippen molar-refractivity contribution in [1.82, 2.24) is 5.32 Å². The largest absolute Gasteiger partial charge is 0.396 e. The molecule has 17 heavy (non-hydrogen) atoms. The van der Waals surface area contributed by atoms with Gasteiger partial charge in [0.05, 0.1) is 6.61 Å². The topological polar surface area (TPSA) is 32.3 Å². The molecule has 0 radical (unpaired) electrons. The van der Waals surface area contributed by atoms with E-state index in [-0.39, 0.29) is 18.5 Å². The average Bonchev–Trinajstić information content (AvgIpc) is 2.33. The summed E-state index contributed by atoms with van der Waals surface area (Å²) in [6, 6.07) is 5.11. The average molecular weight is 257 g/mol. The van der Waals surface area contributed by atoms with Crippen molar-refractivity contribution in [2.45, 2.75) is 31.2 Å². The molecule has 0 spiro atoms. The fourth-order valence-corrected chi connectivity index (χ4v) is 2.60. The minimum Gasteiger partial charge on any atom is -0.396 e. The minimum absolute atomic E-state index is 0.00246. The van der Waals surface area contributed by atoms with E-state index in [1.807, 2.05) is 13.0 Å². The Bertz CT molecular complexity index is 346. The summed E-state index contributed by atoms with van der Waals surface area (Å²) in [5.41, 5.74) is 0.708. The maximum absolute atomic E-state index is 13.8. The number of aliphatic hydroxyl groups excluding tert-OH is 1. The quantitative estimate of drug-likeness (QED) is 0.737. The molecule has 0 aliphatic rings. The number of benzene rings is 1. The lowest BCUT2D eigenvalue weighted by atomic mass is 10.1. The fraction of sp³-hybridized carbons (Fsp3) is 0.538. The van der Waals surface area contributed by atoms with Crippen LogP contribution in [-0.4, -0.2) is 24.0 Å². The molecule has 0 saturated heterocycles. The van der Waals surface area contributed by atoms with Crippen LogP contribution >= 0.6 is 11.8 Å². The van der Waals surface area contributed by atoms with Crippen molar-refractivity contribution < 1.29 is 9.50 Å². The van der Waals surface area contributed by atoms with Crippen molar-refractivity contribution in [1.29, 1.82) is 0 Å². The van der Waals surface area contributed by atoms with Gasteiger partial charge in [-0.15, -0.1) is 11.8 Å². The Balaban J connectivity index is 2.85. The predicted octanol–water partition coefficient (Wildman–Crippen LogP) is 2.97. The van der Waals surface area contributed by atoms with Gasteiger partial charge in [0.25, 0.3) is 0 Å². The van der Waals surface area contributed by atoms with Crippen LogP contribution < -0.4 is 5.32 Å². The minimum atomic E-state index is -0.177. The van der Waals surface area contributed by atoms with E-state index in [1.165, 1.54) is 17.8 Å². The Morgan fingerprint density at radius 1 is 1.47 bits per heavy atom. The SMILES string of the molecule is CCCNC(C)c1c(F)cccc1SCCO. The van der Waals surface area contributed by atoms with E-state index < -0.39 is 0 Å². The molecule has 96 valence electrons. The second kappa shape index (κ2) is 7.69. The number of hydrogen-bond donors (Lipinski definition) is 2. The van der Waals surface area contributed by atoms with Gasteiger partial charge in [0, 0.05) is 22.3 Å². The van der Waals surface area contributed by atoms with E-state index >= 15 is 0 Å². The van der Waals surface area contributed by atoms with Crippen LogP contribution in [-0.2, 0) is 0 Å². The Morgan fingerprint density at radius 2 is 2.24 bits per heavy atom. The number of aliphatic hydroxyl groups is 1. The van der Waals surface area contributed by atoms with Crippen LogP contribution in [0.2, 0.25) is 0 Å². The monoisotopic (exact) mass is 257 g/mol. The second-order valence-corrected chi connectivity index (χ2v) is 5.04. The third-order valence-electron chi connectivity index (χ3n) is 2.50. The molecular formula is C13H20FNOS. The van der Waals surface area contributed by atoms with Gasteiger partial charge >= 0.3 is 0 Å². The zero-order valence-corrected chi connectivity index (χ0v) is 11.2. The molecule has 0 aromatic heterocycles. The normalized spacial score (nSPS) is 12.7. The Morgan fingerprint density at radius 3 is 2.88 bits per heavy atom. The Kier molecular flexibility index (Phi) is 6.55. The summed E-state index contributed by atoms with van der Waals surface area (Å²) in [6.07, 6.45) is 1.03. The van der Waals surface area contributed by atoms with Crippen molar-refractivity contribution >= 4 is 11.8 Å². The summed E-state index contributed by atoms with van der Waals surface area (Å²) < 4.78 is 13.8. The number of hydrogen-bond acceptors (Lipinski definition) is 3. The maximum atomic E-state index is 13.8. The van der Waals surface area contributed by atoms with Crippen molar-refractivity contribution in [3.63, 3.8) is 0 Å². The van der Waals surface area contributed by atoms with Gasteiger partial charge in [-0.1, -0.05) is 13.0 Å². The van der Waals surface area contributed by atoms with Gasteiger partial charge in [-0.25, -0.2) is 4.39 Å². The van der Waals surface area contributed by atoms with E-state index in [0.29, 0.717) is 11.3 Å². The molecule has 2 N–H and O–H groups in total. The second-order valence-electron chi connectivity index (χ2n) is 3.90. The van der Waals surface area contributed by atoms with Gasteiger partial charge in [0.1, 0.15) is 5.82 Å². The Hall–Kier alpha value is -0.580. The van der Waals surface area contributed by atoms with Crippen molar-refractivity contribution in [3.05, 3.63) is 29.6 Å². The highest BCUT2D eigenvalue weighted by Gasteiger charge is 2.14. The molecule has 0 amide bonds. The molecule has 0 bridgehead atoms. The highest BCUT2D eigenvalue weighted by Crippen LogP contribution is 2.29. The van der Waals surface area contributed by atoms with Crippen LogP contribution in [0.3, 0.4) is 0 Å². The lowest BCUT2D eigenvalue weighted by Gasteiger charge is -2.18. The molecule has 1 atom stereocenters. The molecule has 0 fully saturated rings. The van der Waals surface area contributed by atoms with Gasteiger partial charge < -0.3 is 10.4 Å². The molecule has 2 nitrogen and oxygen atoms in total. The van der Waals surface area contributed by atoms with Crippen LogP contribution in [0.5, 0.6) is 0 Å². The summed E-state index contributed by atoms with van der Waals surface area (Å²) in [4.78, 5) is 0.912. The third-order valence-corrected chi connectivity index (χ3v) is 3.55. The first-order valence-corrected chi connectivity index (χ1v) is 6.94. The number of halogens is 1. The molecule has 0 heterocycles. The van der Waals surface area contributed by atoms with Gasteiger partial charge in [0.15, 0.2) is 0 Å². The molecule has 0 aliphatic carbocycles. The van der Waals surface area contributed by atoms with Crippen LogP contribution in [0.25, 0.3) is 0 Å². The van der Waals surface area contributed by atoms with Crippen LogP contribution in [0.15, 0.2) is 23.1 Å². The van der Waals surface area contributed by atoms with Crippen molar-refractivity contribution in [2.75, 3.05) is 18.9 Å². The molecule has 0 aliphatic heterocycles. The van der Waals surface area contributed by atoms with E-state index in [2.05, 4.69) is 12.2 Å². The zero-order valence-electron chi connectivity index (χ0n) is 10.4. The summed E-state index contributed by atoms with van der Waals surface area (Å²) in [5, 5.41) is 12.1. The molecule has 0 saturated carbocycles. The number of nitrogens with one attached hydrogen (secondary N) is 1. The van der Waals surface area contributed by atoms with Gasteiger partial charge in [-0.05, 0) is 32.0 Å². The summed E-state index contributed by atoms with van der Waals surface area (Å²) >= 11 is 1.49. The first-order valence-electron chi connectivity index (χ1n) is 5.96. The number of thioether (sulfide) groups is 1. The first kappa shape index (κ1) is 14.5. The first-order chi connectivity index (χ1) is 8.20. The summed E-state index contributed by atoms with van der Waals surface area (Å²) in [5.74, 6) is 0.417. The Labute approximate surface area is 107 Å². The van der Waals surface area contributed by atoms with E-state index in [4.69, 9.17) is 5.11 Å². The highest BCUT2D eigenvalue weighted by molar-refractivity contribution is 7.99. The van der Waals surface area contributed by atoms with E-state index in [9.17, 15) is 4.39 Å². The van der Waals surface area contributed by atoms with Gasteiger partial charge in [-0.2, -0.15) is 0 Å². The van der Waals surface area contributed by atoms with Gasteiger partial charge in [0.2, 0.25) is 0 Å². The maximum Gasteiger partial charge on any atom is 0.129 e.